The predicted octanol–water partition coefficient (Wildman–Crippen LogP) is 4.59. The van der Waals surface area contributed by atoms with Crippen LogP contribution in [-0.2, 0) is 6.54 Å². The van der Waals surface area contributed by atoms with E-state index in [0.717, 1.165) is 16.9 Å². The number of methoxy groups -OCH3 is 1. The van der Waals surface area contributed by atoms with Crippen LogP contribution in [0.2, 0.25) is 0 Å². The lowest BCUT2D eigenvalue weighted by molar-refractivity contribution is 0.189. The van der Waals surface area contributed by atoms with E-state index in [9.17, 15) is 4.79 Å². The number of carbonyl (C=O) groups is 1. The van der Waals surface area contributed by atoms with Gasteiger partial charge in [0, 0.05) is 11.9 Å². The predicted molar refractivity (Wildman–Crippen MR) is 102 cm³/mol. The van der Waals surface area contributed by atoms with Crippen LogP contribution in [-0.4, -0.2) is 22.6 Å². The van der Waals surface area contributed by atoms with Crippen molar-refractivity contribution >= 4 is 11.7 Å². The summed E-state index contributed by atoms with van der Waals surface area (Å²) in [7, 11) is 1.60. The fourth-order valence-electron chi connectivity index (χ4n) is 3.50. The molecule has 0 saturated heterocycles. The monoisotopic (exact) mass is 347 g/mol. The minimum absolute atomic E-state index is 0.0629. The number of carbonyl (C=O) groups excluding carboxylic acids is 1. The zero-order valence-electron chi connectivity index (χ0n) is 14.8. The van der Waals surface area contributed by atoms with Gasteiger partial charge in [0.05, 0.1) is 31.1 Å². The number of fused-ring (bicyclic) bond motifs is 3. The molecule has 1 N–H and O–H groups in total. The van der Waals surface area contributed by atoms with Crippen molar-refractivity contribution in [1.82, 2.24) is 9.47 Å². The van der Waals surface area contributed by atoms with Crippen LogP contribution in [0.25, 0.3) is 5.69 Å². The van der Waals surface area contributed by atoms with E-state index < -0.39 is 0 Å². The van der Waals surface area contributed by atoms with Crippen LogP contribution >= 0.6 is 0 Å². The Bertz CT molecular complexity index is 948. The summed E-state index contributed by atoms with van der Waals surface area (Å²) in [6, 6.07) is 19.5. The summed E-state index contributed by atoms with van der Waals surface area (Å²) in [5.74, 6) is 0.645. The molecule has 5 heteroatoms. The van der Waals surface area contributed by atoms with Gasteiger partial charge in [-0.25, -0.2) is 4.79 Å². The van der Waals surface area contributed by atoms with Gasteiger partial charge in [-0.15, -0.1) is 0 Å². The normalized spacial score (nSPS) is 15.6. The molecule has 3 aromatic rings. The van der Waals surface area contributed by atoms with Crippen LogP contribution in [0.15, 0.2) is 66.9 Å². The maximum absolute atomic E-state index is 13.1. The molecular weight excluding hydrogens is 326 g/mol. The Morgan fingerprint density at radius 3 is 2.69 bits per heavy atom. The molecule has 2 heterocycles. The van der Waals surface area contributed by atoms with Crippen molar-refractivity contribution in [2.75, 3.05) is 12.4 Å². The smallest absolute Gasteiger partial charge is 0.322 e. The summed E-state index contributed by atoms with van der Waals surface area (Å²) >= 11 is 0. The van der Waals surface area contributed by atoms with Crippen LogP contribution in [0.1, 0.15) is 24.2 Å². The molecule has 2 aromatic carbocycles. The highest BCUT2D eigenvalue weighted by atomic mass is 16.5. The number of nitrogens with zero attached hydrogens (tertiary/aromatic N) is 2. The number of aromatic nitrogens is 1. The van der Waals surface area contributed by atoms with Gasteiger partial charge in [0.15, 0.2) is 0 Å². The van der Waals surface area contributed by atoms with E-state index in [4.69, 9.17) is 4.74 Å². The van der Waals surface area contributed by atoms with E-state index in [0.29, 0.717) is 18.0 Å². The highest BCUT2D eigenvalue weighted by molar-refractivity contribution is 5.91. The Kier molecular flexibility index (Phi) is 4.13. The minimum atomic E-state index is -0.147. The first-order valence-electron chi connectivity index (χ1n) is 8.65. The van der Waals surface area contributed by atoms with Crippen LogP contribution in [0, 0.1) is 0 Å². The first-order chi connectivity index (χ1) is 12.7. The van der Waals surface area contributed by atoms with Crippen LogP contribution in [0.4, 0.5) is 10.5 Å². The van der Waals surface area contributed by atoms with Crippen LogP contribution in [0.5, 0.6) is 5.75 Å². The number of benzene rings is 2. The van der Waals surface area contributed by atoms with Gasteiger partial charge in [0.2, 0.25) is 0 Å². The Hall–Kier alpha value is -3.21. The highest BCUT2D eigenvalue weighted by Crippen LogP contribution is 2.33. The van der Waals surface area contributed by atoms with Gasteiger partial charge in [-0.05, 0) is 42.8 Å². The molecule has 1 aliphatic heterocycles. The molecule has 1 aromatic heterocycles. The third kappa shape index (κ3) is 2.71. The van der Waals surface area contributed by atoms with E-state index in [2.05, 4.69) is 35.0 Å². The Labute approximate surface area is 152 Å². The summed E-state index contributed by atoms with van der Waals surface area (Å²) in [6.07, 6.45) is 2.05. The molecule has 0 saturated carbocycles. The minimum Gasteiger partial charge on any atom is -0.495 e. The van der Waals surface area contributed by atoms with Crippen molar-refractivity contribution in [1.29, 1.82) is 0 Å². The van der Waals surface area contributed by atoms with Gasteiger partial charge in [-0.1, -0.05) is 30.3 Å². The highest BCUT2D eigenvalue weighted by Gasteiger charge is 2.28. The number of amides is 2. The molecule has 1 aliphatic rings. The average Bonchev–Trinajstić information content (AvgIpc) is 3.12. The zero-order valence-corrected chi connectivity index (χ0v) is 14.8. The van der Waals surface area contributed by atoms with Gasteiger partial charge in [0.1, 0.15) is 5.75 Å². The van der Waals surface area contributed by atoms with Gasteiger partial charge in [-0.2, -0.15) is 0 Å². The molecular formula is C21H21N3O2. The first-order valence-corrected chi connectivity index (χ1v) is 8.65. The molecule has 2 amide bonds. The van der Waals surface area contributed by atoms with Crippen molar-refractivity contribution in [2.45, 2.75) is 19.5 Å². The molecule has 1 unspecified atom stereocenters. The number of anilines is 1. The molecule has 26 heavy (non-hydrogen) atoms. The van der Waals surface area contributed by atoms with Gasteiger partial charge >= 0.3 is 6.03 Å². The molecule has 132 valence electrons. The van der Waals surface area contributed by atoms with Gasteiger partial charge in [0.25, 0.3) is 0 Å². The van der Waals surface area contributed by atoms with E-state index >= 15 is 0 Å². The van der Waals surface area contributed by atoms with Crippen molar-refractivity contribution in [3.05, 3.63) is 78.1 Å². The molecule has 0 fully saturated rings. The summed E-state index contributed by atoms with van der Waals surface area (Å²) in [6.45, 7) is 2.60. The molecule has 5 nitrogen and oxygen atoms in total. The Morgan fingerprint density at radius 1 is 1.08 bits per heavy atom. The third-order valence-electron chi connectivity index (χ3n) is 4.88. The summed E-state index contributed by atoms with van der Waals surface area (Å²) in [5, 5.41) is 3.00. The van der Waals surface area contributed by atoms with E-state index in [1.807, 2.05) is 53.6 Å². The molecule has 0 bridgehead atoms. The summed E-state index contributed by atoms with van der Waals surface area (Å²) in [4.78, 5) is 14.9. The number of rotatable bonds is 2. The van der Waals surface area contributed by atoms with Crippen LogP contribution < -0.4 is 10.1 Å². The van der Waals surface area contributed by atoms with Crippen molar-refractivity contribution in [3.63, 3.8) is 0 Å². The number of hydrogen-bond donors (Lipinski definition) is 1. The summed E-state index contributed by atoms with van der Waals surface area (Å²) in [5.41, 5.74) is 3.99. The Balaban J connectivity index is 1.70. The standard InChI is InChI=1S/C21H21N3O2/c1-15-18-11-7-13-23(18)19-10-5-3-8-16(19)14-24(15)21(25)22-17-9-4-6-12-20(17)26-2/h3-13,15H,14H2,1-2H3,(H,22,25). The van der Waals surface area contributed by atoms with Crippen molar-refractivity contribution in [2.24, 2.45) is 0 Å². The SMILES string of the molecule is COc1ccccc1NC(=O)N1Cc2ccccc2-n2cccc2C1C. The second kappa shape index (κ2) is 6.59. The first kappa shape index (κ1) is 16.3. The van der Waals surface area contributed by atoms with Crippen molar-refractivity contribution in [3.8, 4) is 11.4 Å². The molecule has 1 atom stereocenters. The fourth-order valence-corrected chi connectivity index (χ4v) is 3.50. The topological polar surface area (TPSA) is 46.5 Å². The van der Waals surface area contributed by atoms with Gasteiger partial charge in [-0.3, -0.25) is 0 Å². The second-order valence-corrected chi connectivity index (χ2v) is 6.37. The lowest BCUT2D eigenvalue weighted by atomic mass is 10.1. The van der Waals surface area contributed by atoms with E-state index in [1.165, 1.54) is 0 Å². The average molecular weight is 347 g/mol. The number of para-hydroxylation sites is 3. The van der Waals surface area contributed by atoms with Crippen molar-refractivity contribution < 1.29 is 9.53 Å². The lowest BCUT2D eigenvalue weighted by Crippen LogP contribution is -2.36. The molecule has 4 rings (SSSR count). The zero-order chi connectivity index (χ0) is 18.1. The number of hydrogen-bond acceptors (Lipinski definition) is 2. The quantitative estimate of drug-likeness (QED) is 0.737. The molecule has 0 aliphatic carbocycles. The van der Waals surface area contributed by atoms with Gasteiger partial charge < -0.3 is 19.5 Å². The largest absolute Gasteiger partial charge is 0.495 e. The fraction of sp³-hybridized carbons (Fsp3) is 0.190. The number of ether oxygens (including phenoxy) is 1. The third-order valence-corrected chi connectivity index (χ3v) is 4.88. The van der Waals surface area contributed by atoms with Crippen LogP contribution in [0.3, 0.4) is 0 Å². The maximum Gasteiger partial charge on any atom is 0.322 e. The second-order valence-electron chi connectivity index (χ2n) is 6.37. The number of nitrogens with one attached hydrogen (secondary N) is 1. The molecule has 0 radical (unpaired) electrons. The van der Waals surface area contributed by atoms with E-state index in [1.54, 1.807) is 7.11 Å². The molecule has 0 spiro atoms. The lowest BCUT2D eigenvalue weighted by Gasteiger charge is -2.28. The Morgan fingerprint density at radius 2 is 1.85 bits per heavy atom. The number of urea groups is 1. The maximum atomic E-state index is 13.1. The van der Waals surface area contributed by atoms with E-state index in [-0.39, 0.29) is 12.1 Å². The summed E-state index contributed by atoms with van der Waals surface area (Å²) < 4.78 is 7.51.